The average molecular weight is 347 g/mol. The van der Waals surface area contributed by atoms with Gasteiger partial charge in [-0.25, -0.2) is 0 Å². The first kappa shape index (κ1) is 15.5. The molecule has 0 saturated heterocycles. The van der Waals surface area contributed by atoms with Crippen molar-refractivity contribution in [3.63, 3.8) is 0 Å². The lowest BCUT2D eigenvalue weighted by Gasteiger charge is -2.07. The zero-order valence-corrected chi connectivity index (χ0v) is 14.5. The van der Waals surface area contributed by atoms with Crippen LogP contribution in [0.25, 0.3) is 44.8 Å². The minimum absolute atomic E-state index is 0.476. The molecule has 127 valence electrons. The van der Waals surface area contributed by atoms with Gasteiger partial charge in [0.25, 0.3) is 0 Å². The van der Waals surface area contributed by atoms with Gasteiger partial charge in [-0.2, -0.15) is 0 Å². The quantitative estimate of drug-likeness (QED) is 0.400. The summed E-state index contributed by atoms with van der Waals surface area (Å²) in [6.45, 7) is 0. The lowest BCUT2D eigenvalue weighted by atomic mass is 9.97. The van der Waals surface area contributed by atoms with E-state index in [9.17, 15) is 0 Å². The van der Waals surface area contributed by atoms with Crippen molar-refractivity contribution in [3.8, 4) is 34.0 Å². The smallest absolute Gasteiger partial charge is 0.248 e. The Balaban J connectivity index is 1.50. The van der Waals surface area contributed by atoms with E-state index < -0.39 is 0 Å². The fourth-order valence-electron chi connectivity index (χ4n) is 3.24. The van der Waals surface area contributed by atoms with Crippen molar-refractivity contribution >= 4 is 10.8 Å². The van der Waals surface area contributed by atoms with E-state index in [0.717, 1.165) is 16.7 Å². The molecule has 0 aliphatic heterocycles. The highest BCUT2D eigenvalue weighted by Gasteiger charge is 2.11. The third-order valence-electron chi connectivity index (χ3n) is 4.60. The lowest BCUT2D eigenvalue weighted by Crippen LogP contribution is -1.83. The fourth-order valence-corrected chi connectivity index (χ4v) is 3.24. The van der Waals surface area contributed by atoms with Gasteiger partial charge in [0.05, 0.1) is 0 Å². The Morgan fingerprint density at radius 1 is 0.630 bits per heavy atom. The Morgan fingerprint density at radius 3 is 2.22 bits per heavy atom. The van der Waals surface area contributed by atoms with E-state index in [1.165, 1.54) is 16.3 Å². The summed E-state index contributed by atoms with van der Waals surface area (Å²) in [5, 5.41) is 10.8. The summed E-state index contributed by atoms with van der Waals surface area (Å²) in [6, 6.07) is 33.7. The minimum Gasteiger partial charge on any atom is -0.416 e. The van der Waals surface area contributed by atoms with Gasteiger partial charge in [-0.3, -0.25) is 0 Å². The Morgan fingerprint density at radius 2 is 1.37 bits per heavy atom. The van der Waals surface area contributed by atoms with Crippen LogP contribution in [0.4, 0.5) is 0 Å². The predicted molar refractivity (Wildman–Crippen MR) is 107 cm³/mol. The summed E-state index contributed by atoms with van der Waals surface area (Å²) in [4.78, 5) is 0. The third-order valence-corrected chi connectivity index (χ3v) is 4.60. The van der Waals surface area contributed by atoms with Crippen molar-refractivity contribution in [1.29, 1.82) is 0 Å². The summed E-state index contributed by atoms with van der Waals surface area (Å²) in [7, 11) is 0. The van der Waals surface area contributed by atoms with E-state index >= 15 is 0 Å². The largest absolute Gasteiger partial charge is 0.416 e. The Labute approximate surface area is 156 Å². The molecule has 5 aromatic rings. The summed E-state index contributed by atoms with van der Waals surface area (Å²) >= 11 is 0. The SMILES string of the molecule is [c]1ccccc1-c1nnc(-c2ccc(-c3cccc4ccccc34)cc2)o1. The van der Waals surface area contributed by atoms with Crippen molar-refractivity contribution in [2.24, 2.45) is 0 Å². The number of hydrogen-bond donors (Lipinski definition) is 0. The molecule has 0 amide bonds. The number of benzene rings is 4. The first-order valence-corrected chi connectivity index (χ1v) is 8.78. The van der Waals surface area contributed by atoms with Crippen molar-refractivity contribution in [2.45, 2.75) is 0 Å². The van der Waals surface area contributed by atoms with E-state index in [2.05, 4.69) is 70.9 Å². The molecule has 0 spiro atoms. The Kier molecular flexibility index (Phi) is 3.76. The summed E-state index contributed by atoms with van der Waals surface area (Å²) < 4.78 is 5.82. The maximum Gasteiger partial charge on any atom is 0.248 e. The minimum atomic E-state index is 0.476. The van der Waals surface area contributed by atoms with Crippen LogP contribution in [-0.2, 0) is 0 Å². The molecule has 3 nitrogen and oxygen atoms in total. The molecule has 0 aliphatic carbocycles. The van der Waals surface area contributed by atoms with Crippen LogP contribution in [0.3, 0.4) is 0 Å². The van der Waals surface area contributed by atoms with Gasteiger partial charge in [0.1, 0.15) is 0 Å². The van der Waals surface area contributed by atoms with Gasteiger partial charge in [0, 0.05) is 11.1 Å². The lowest BCUT2D eigenvalue weighted by molar-refractivity contribution is 0.584. The molecule has 0 unspecified atom stereocenters. The standard InChI is InChI=1S/C24H15N2O/c1-2-8-19(9-3-1)23-25-26-24(27-23)20-15-13-18(14-16-20)22-12-6-10-17-7-4-5-11-21(17)22/h1-8,10-16H. The van der Waals surface area contributed by atoms with Crippen LogP contribution in [0.5, 0.6) is 0 Å². The van der Waals surface area contributed by atoms with E-state index in [-0.39, 0.29) is 0 Å². The second kappa shape index (κ2) is 6.54. The second-order valence-electron chi connectivity index (χ2n) is 6.29. The van der Waals surface area contributed by atoms with Crippen molar-refractivity contribution in [2.75, 3.05) is 0 Å². The zero-order chi connectivity index (χ0) is 18.1. The second-order valence-corrected chi connectivity index (χ2v) is 6.29. The first-order chi connectivity index (χ1) is 13.4. The Hall–Kier alpha value is -3.72. The Bertz CT molecular complexity index is 1200. The van der Waals surface area contributed by atoms with E-state index in [4.69, 9.17) is 4.42 Å². The molecule has 0 fully saturated rings. The molecule has 0 aliphatic rings. The maximum absolute atomic E-state index is 5.82. The molecule has 3 heteroatoms. The number of aromatic nitrogens is 2. The van der Waals surface area contributed by atoms with E-state index in [1.54, 1.807) is 0 Å². The third kappa shape index (κ3) is 2.89. The molecular weight excluding hydrogens is 332 g/mol. The van der Waals surface area contributed by atoms with Crippen LogP contribution in [0.2, 0.25) is 0 Å². The van der Waals surface area contributed by atoms with E-state index in [1.807, 2.05) is 36.4 Å². The summed E-state index contributed by atoms with van der Waals surface area (Å²) in [5.74, 6) is 0.982. The average Bonchev–Trinajstić information content (AvgIpc) is 3.24. The van der Waals surface area contributed by atoms with E-state index in [0.29, 0.717) is 11.8 Å². The number of fused-ring (bicyclic) bond motifs is 1. The molecular formula is C24H15N2O. The molecule has 4 aromatic carbocycles. The zero-order valence-electron chi connectivity index (χ0n) is 14.5. The first-order valence-electron chi connectivity index (χ1n) is 8.78. The van der Waals surface area contributed by atoms with Crippen molar-refractivity contribution in [3.05, 3.63) is 97.1 Å². The summed E-state index contributed by atoms with van der Waals surface area (Å²) in [5.41, 5.74) is 4.06. The molecule has 1 aromatic heterocycles. The molecule has 0 saturated carbocycles. The van der Waals surface area contributed by atoms with Crippen LogP contribution in [0, 0.1) is 6.07 Å². The highest BCUT2D eigenvalue weighted by Crippen LogP contribution is 2.30. The van der Waals surface area contributed by atoms with Gasteiger partial charge < -0.3 is 4.42 Å². The van der Waals surface area contributed by atoms with Gasteiger partial charge in [0.15, 0.2) is 0 Å². The predicted octanol–water partition coefficient (Wildman–Crippen LogP) is 6.02. The monoisotopic (exact) mass is 347 g/mol. The summed E-state index contributed by atoms with van der Waals surface area (Å²) in [6.07, 6.45) is 0. The van der Waals surface area contributed by atoms with Gasteiger partial charge in [-0.05, 0) is 46.2 Å². The molecule has 27 heavy (non-hydrogen) atoms. The van der Waals surface area contributed by atoms with Gasteiger partial charge in [-0.15, -0.1) is 10.2 Å². The van der Waals surface area contributed by atoms with Gasteiger partial charge in [0.2, 0.25) is 11.8 Å². The normalized spacial score (nSPS) is 11.0. The molecule has 1 heterocycles. The maximum atomic E-state index is 5.82. The fraction of sp³-hybridized carbons (Fsp3) is 0. The van der Waals surface area contributed by atoms with Crippen LogP contribution >= 0.6 is 0 Å². The van der Waals surface area contributed by atoms with Crippen LogP contribution < -0.4 is 0 Å². The van der Waals surface area contributed by atoms with Crippen molar-refractivity contribution in [1.82, 2.24) is 10.2 Å². The molecule has 0 bridgehead atoms. The molecule has 0 atom stereocenters. The highest BCUT2D eigenvalue weighted by molar-refractivity contribution is 5.96. The number of nitrogens with zero attached hydrogens (tertiary/aromatic N) is 2. The molecule has 5 rings (SSSR count). The van der Waals surface area contributed by atoms with Gasteiger partial charge >= 0.3 is 0 Å². The van der Waals surface area contributed by atoms with Crippen LogP contribution in [0.15, 0.2) is 95.4 Å². The number of rotatable bonds is 3. The van der Waals surface area contributed by atoms with Crippen LogP contribution in [-0.4, -0.2) is 10.2 Å². The molecule has 1 radical (unpaired) electrons. The number of hydrogen-bond acceptors (Lipinski definition) is 3. The topological polar surface area (TPSA) is 38.9 Å². The highest BCUT2D eigenvalue weighted by atomic mass is 16.4. The molecule has 0 N–H and O–H groups in total. The van der Waals surface area contributed by atoms with Crippen LogP contribution in [0.1, 0.15) is 0 Å². The van der Waals surface area contributed by atoms with Gasteiger partial charge in [-0.1, -0.05) is 72.8 Å². The van der Waals surface area contributed by atoms with Crippen molar-refractivity contribution < 1.29 is 4.42 Å².